The van der Waals surface area contributed by atoms with Gasteiger partial charge in [0, 0.05) is 17.3 Å². The van der Waals surface area contributed by atoms with Crippen LogP contribution in [0.2, 0.25) is 0 Å². The highest BCUT2D eigenvalue weighted by atomic mass is 32.2. The summed E-state index contributed by atoms with van der Waals surface area (Å²) in [6.07, 6.45) is 1.61. The van der Waals surface area contributed by atoms with E-state index < -0.39 is 0 Å². The zero-order valence-corrected chi connectivity index (χ0v) is 14.3. The Kier molecular flexibility index (Phi) is 3.44. The molecule has 110 valence electrons. The first-order valence-corrected chi connectivity index (χ1v) is 9.06. The molecule has 0 spiro atoms. The topological polar surface area (TPSA) is 56.5 Å². The highest BCUT2D eigenvalue weighted by Crippen LogP contribution is 2.34. The van der Waals surface area contributed by atoms with E-state index >= 15 is 0 Å². The van der Waals surface area contributed by atoms with Crippen LogP contribution in [-0.4, -0.2) is 24.7 Å². The molecule has 22 heavy (non-hydrogen) atoms. The van der Waals surface area contributed by atoms with Gasteiger partial charge in [0.15, 0.2) is 11.0 Å². The fourth-order valence-corrected chi connectivity index (χ4v) is 4.65. The van der Waals surface area contributed by atoms with E-state index in [4.69, 9.17) is 0 Å². The third-order valence-electron chi connectivity index (χ3n) is 3.18. The van der Waals surface area contributed by atoms with E-state index in [2.05, 4.69) is 33.2 Å². The molecule has 0 amide bonds. The molecule has 0 unspecified atom stereocenters. The second-order valence-electron chi connectivity index (χ2n) is 4.70. The summed E-state index contributed by atoms with van der Waals surface area (Å²) in [6, 6.07) is 6.19. The lowest BCUT2D eigenvalue weighted by atomic mass is 10.4. The average Bonchev–Trinajstić information content (AvgIpc) is 3.20. The molecule has 0 saturated heterocycles. The molecule has 0 atom stereocenters. The molecule has 4 rings (SSSR count). The molecule has 0 aliphatic carbocycles. The number of nitrogens with zero attached hydrogens (tertiary/aromatic N) is 5. The molecule has 8 heteroatoms. The molecule has 0 N–H and O–H groups in total. The van der Waals surface area contributed by atoms with Gasteiger partial charge < -0.3 is 4.57 Å². The van der Waals surface area contributed by atoms with Crippen LogP contribution in [0.3, 0.4) is 0 Å². The number of thiophene rings is 2. The molecule has 5 nitrogen and oxygen atoms in total. The van der Waals surface area contributed by atoms with E-state index in [-0.39, 0.29) is 0 Å². The van der Waals surface area contributed by atoms with Gasteiger partial charge >= 0.3 is 0 Å². The van der Waals surface area contributed by atoms with Crippen molar-refractivity contribution in [3.63, 3.8) is 0 Å². The van der Waals surface area contributed by atoms with Crippen molar-refractivity contribution in [2.75, 3.05) is 0 Å². The molecule has 4 heterocycles. The largest absolute Gasteiger partial charge is 0.304 e. The summed E-state index contributed by atoms with van der Waals surface area (Å²) in [5, 5.41) is 13.5. The van der Waals surface area contributed by atoms with Gasteiger partial charge in [-0.05, 0) is 36.2 Å². The highest BCUT2D eigenvalue weighted by Gasteiger charge is 2.15. The van der Waals surface area contributed by atoms with Crippen molar-refractivity contribution in [1.29, 1.82) is 0 Å². The predicted octanol–water partition coefficient (Wildman–Crippen LogP) is 4.01. The maximum Gasteiger partial charge on any atom is 0.197 e. The number of hydrogen-bond donors (Lipinski definition) is 0. The third kappa shape index (κ3) is 2.33. The Morgan fingerprint density at radius 1 is 1.23 bits per heavy atom. The van der Waals surface area contributed by atoms with Crippen LogP contribution in [-0.2, 0) is 7.05 Å². The van der Waals surface area contributed by atoms with E-state index in [9.17, 15) is 0 Å². The lowest BCUT2D eigenvalue weighted by Gasteiger charge is -2.02. The van der Waals surface area contributed by atoms with E-state index in [1.54, 1.807) is 29.0 Å². The Balaban J connectivity index is 1.74. The Bertz CT molecular complexity index is 939. The van der Waals surface area contributed by atoms with Crippen molar-refractivity contribution in [2.24, 2.45) is 7.05 Å². The molecular weight excluding hydrogens is 334 g/mol. The fourth-order valence-electron chi connectivity index (χ4n) is 2.15. The standard InChI is InChI=1S/C14H11N5S3/c1-8-6-9-12(21-8)15-7-16-13(9)22-14-18-17-11(19(14)2)10-4-3-5-20-10/h3-7H,1-2H3. The van der Waals surface area contributed by atoms with Gasteiger partial charge in [-0.1, -0.05) is 6.07 Å². The van der Waals surface area contributed by atoms with Gasteiger partial charge in [0.1, 0.15) is 16.2 Å². The summed E-state index contributed by atoms with van der Waals surface area (Å²) < 4.78 is 2.00. The summed E-state index contributed by atoms with van der Waals surface area (Å²) in [5.74, 6) is 0.879. The number of rotatable bonds is 3. The lowest BCUT2D eigenvalue weighted by Crippen LogP contribution is -1.94. The van der Waals surface area contributed by atoms with Gasteiger partial charge in [-0.2, -0.15) is 0 Å². The summed E-state index contributed by atoms with van der Waals surface area (Å²) in [5.41, 5.74) is 0. The lowest BCUT2D eigenvalue weighted by molar-refractivity contribution is 0.793. The smallest absolute Gasteiger partial charge is 0.197 e. The zero-order valence-electron chi connectivity index (χ0n) is 11.8. The van der Waals surface area contributed by atoms with Gasteiger partial charge in [0.05, 0.1) is 4.88 Å². The maximum absolute atomic E-state index is 4.41. The number of aryl methyl sites for hydroxylation is 1. The first-order chi connectivity index (χ1) is 10.7. The van der Waals surface area contributed by atoms with Crippen LogP contribution in [0.25, 0.3) is 20.9 Å². The number of fused-ring (bicyclic) bond motifs is 1. The quantitative estimate of drug-likeness (QED) is 0.525. The Labute approximate surface area is 139 Å². The summed E-state index contributed by atoms with van der Waals surface area (Å²) >= 11 is 4.86. The third-order valence-corrected chi connectivity index (χ3v) is 6.06. The van der Waals surface area contributed by atoms with Crippen molar-refractivity contribution in [1.82, 2.24) is 24.7 Å². The summed E-state index contributed by atoms with van der Waals surface area (Å²) in [6.45, 7) is 2.08. The SMILES string of the molecule is Cc1cc2c(Sc3nnc(-c4cccs4)n3C)ncnc2s1. The van der Waals surface area contributed by atoms with E-state index in [1.165, 1.54) is 16.6 Å². The molecule has 0 bridgehead atoms. The number of hydrogen-bond acceptors (Lipinski definition) is 7. The van der Waals surface area contributed by atoms with Crippen LogP contribution >= 0.6 is 34.4 Å². The zero-order chi connectivity index (χ0) is 15.1. The van der Waals surface area contributed by atoms with Gasteiger partial charge in [-0.15, -0.1) is 32.9 Å². The minimum atomic E-state index is 0.826. The normalized spacial score (nSPS) is 11.4. The van der Waals surface area contributed by atoms with Gasteiger partial charge in [-0.25, -0.2) is 9.97 Å². The van der Waals surface area contributed by atoms with Crippen molar-refractivity contribution in [3.8, 4) is 10.7 Å². The van der Waals surface area contributed by atoms with Gasteiger partial charge in [0.2, 0.25) is 0 Å². The minimum Gasteiger partial charge on any atom is -0.304 e. The molecule has 0 aliphatic rings. The molecule has 0 saturated carbocycles. The molecule has 0 aliphatic heterocycles. The Morgan fingerprint density at radius 3 is 2.95 bits per heavy atom. The Morgan fingerprint density at radius 2 is 2.14 bits per heavy atom. The number of aromatic nitrogens is 5. The highest BCUT2D eigenvalue weighted by molar-refractivity contribution is 7.99. The van der Waals surface area contributed by atoms with Gasteiger partial charge in [-0.3, -0.25) is 0 Å². The minimum absolute atomic E-state index is 0.826. The molecular formula is C14H11N5S3. The van der Waals surface area contributed by atoms with Crippen LogP contribution < -0.4 is 0 Å². The second kappa shape index (κ2) is 5.45. The van der Waals surface area contributed by atoms with E-state index in [1.807, 2.05) is 29.1 Å². The fraction of sp³-hybridized carbons (Fsp3) is 0.143. The molecule has 4 aromatic rings. The van der Waals surface area contributed by atoms with Crippen molar-refractivity contribution >= 4 is 44.7 Å². The summed E-state index contributed by atoms with van der Waals surface area (Å²) in [7, 11) is 1.98. The van der Waals surface area contributed by atoms with Crippen LogP contribution in [0.1, 0.15) is 4.88 Å². The first-order valence-electron chi connectivity index (χ1n) is 6.54. The first kappa shape index (κ1) is 13.9. The van der Waals surface area contributed by atoms with Crippen molar-refractivity contribution in [2.45, 2.75) is 17.1 Å². The van der Waals surface area contributed by atoms with E-state index in [0.29, 0.717) is 0 Å². The average molecular weight is 345 g/mol. The van der Waals surface area contributed by atoms with Crippen molar-refractivity contribution in [3.05, 3.63) is 34.8 Å². The van der Waals surface area contributed by atoms with Crippen LogP contribution in [0.15, 0.2) is 40.1 Å². The van der Waals surface area contributed by atoms with Crippen LogP contribution in [0.5, 0.6) is 0 Å². The molecule has 0 radical (unpaired) electrons. The monoisotopic (exact) mass is 345 g/mol. The predicted molar refractivity (Wildman–Crippen MR) is 90.6 cm³/mol. The summed E-state index contributed by atoms with van der Waals surface area (Å²) in [4.78, 5) is 12.1. The Hall–Kier alpha value is -1.77. The van der Waals surface area contributed by atoms with Crippen molar-refractivity contribution < 1.29 is 0 Å². The second-order valence-corrected chi connectivity index (χ2v) is 7.84. The molecule has 4 aromatic heterocycles. The van der Waals surface area contributed by atoms with Crippen LogP contribution in [0, 0.1) is 6.92 Å². The maximum atomic E-state index is 4.41. The molecule has 0 aromatic carbocycles. The van der Waals surface area contributed by atoms with Crippen LogP contribution in [0.4, 0.5) is 0 Å². The van der Waals surface area contributed by atoms with E-state index in [0.717, 1.165) is 31.1 Å². The molecule has 0 fully saturated rings. The van der Waals surface area contributed by atoms with Gasteiger partial charge in [0.25, 0.3) is 0 Å².